The molecule has 33 heavy (non-hydrogen) atoms. The summed E-state index contributed by atoms with van der Waals surface area (Å²) >= 11 is 7.70. The van der Waals surface area contributed by atoms with Crippen LogP contribution < -0.4 is 4.90 Å². The minimum atomic E-state index is -0.965. The van der Waals surface area contributed by atoms with Crippen molar-refractivity contribution < 1.29 is 9.53 Å². The molecule has 9 heteroatoms. The third-order valence-electron chi connectivity index (χ3n) is 5.81. The molecule has 2 aliphatic rings. The predicted molar refractivity (Wildman–Crippen MR) is 135 cm³/mol. The minimum absolute atomic E-state index is 0.196. The van der Waals surface area contributed by atoms with E-state index in [4.69, 9.17) is 32.1 Å². The third-order valence-corrected chi connectivity index (χ3v) is 7.25. The summed E-state index contributed by atoms with van der Waals surface area (Å²) in [6.45, 7) is 11.7. The van der Waals surface area contributed by atoms with E-state index >= 15 is 0 Å². The highest BCUT2D eigenvalue weighted by atomic mass is 35.5. The zero-order valence-corrected chi connectivity index (χ0v) is 21.2. The van der Waals surface area contributed by atoms with Crippen molar-refractivity contribution in [2.75, 3.05) is 18.0 Å². The van der Waals surface area contributed by atoms with Crippen molar-refractivity contribution in [1.29, 1.82) is 10.8 Å². The lowest BCUT2D eigenvalue weighted by molar-refractivity contribution is 0.00268. The van der Waals surface area contributed by atoms with Crippen LogP contribution in [0.25, 0.3) is 0 Å². The van der Waals surface area contributed by atoms with Crippen LogP contribution in [0.5, 0.6) is 0 Å². The van der Waals surface area contributed by atoms with Gasteiger partial charge in [0.15, 0.2) is 5.54 Å². The number of hydrogen-bond acceptors (Lipinski definition) is 6. The quantitative estimate of drug-likeness (QED) is 0.404. The molecule has 174 valence electrons. The predicted octanol–water partition coefficient (Wildman–Crippen LogP) is 5.64. The lowest BCUT2D eigenvalue weighted by Crippen LogP contribution is -2.69. The van der Waals surface area contributed by atoms with Gasteiger partial charge in [-0.15, -0.1) is 11.3 Å². The van der Waals surface area contributed by atoms with Gasteiger partial charge >= 0.3 is 6.09 Å². The maximum atomic E-state index is 12.6. The van der Waals surface area contributed by atoms with Crippen molar-refractivity contribution in [3.63, 3.8) is 0 Å². The molecule has 7 nitrogen and oxygen atoms in total. The number of aryl methyl sites for hydroxylation is 1. The SMILES string of the molecule is CC(=N)N1C(=N)C2(CN(C(=O)OC(C)(C)C)C2)N=C(c2ccc(Cl)cc2)c2c1sc(C)c2C. The van der Waals surface area contributed by atoms with Gasteiger partial charge < -0.3 is 9.64 Å². The number of carbonyl (C=O) groups excluding carboxylic acids is 1. The summed E-state index contributed by atoms with van der Waals surface area (Å²) < 4.78 is 5.52. The van der Waals surface area contributed by atoms with E-state index in [1.165, 1.54) is 0 Å². The van der Waals surface area contributed by atoms with Gasteiger partial charge in [0.1, 0.15) is 22.3 Å². The first-order valence-electron chi connectivity index (χ1n) is 10.7. The van der Waals surface area contributed by atoms with Crippen molar-refractivity contribution in [3.8, 4) is 0 Å². The van der Waals surface area contributed by atoms with Gasteiger partial charge in [0.25, 0.3) is 0 Å². The monoisotopic (exact) mass is 485 g/mol. The Morgan fingerprint density at radius 3 is 2.36 bits per heavy atom. The molecule has 0 bridgehead atoms. The Balaban J connectivity index is 1.85. The topological polar surface area (TPSA) is 92.8 Å². The molecule has 0 aliphatic carbocycles. The second-order valence-corrected chi connectivity index (χ2v) is 11.2. The van der Waals surface area contributed by atoms with Gasteiger partial charge in [-0.05, 0) is 59.2 Å². The van der Waals surface area contributed by atoms with Crippen LogP contribution in [0.3, 0.4) is 0 Å². The van der Waals surface area contributed by atoms with E-state index in [1.54, 1.807) is 28.1 Å². The number of hydrogen-bond donors (Lipinski definition) is 2. The first-order valence-corrected chi connectivity index (χ1v) is 11.9. The highest BCUT2D eigenvalue weighted by Crippen LogP contribution is 2.43. The third kappa shape index (κ3) is 4.06. The van der Waals surface area contributed by atoms with Crippen LogP contribution in [0.2, 0.25) is 5.02 Å². The number of halogens is 1. The molecule has 1 saturated heterocycles. The summed E-state index contributed by atoms with van der Waals surface area (Å²) in [5.74, 6) is 0.437. The number of nitrogens with one attached hydrogen (secondary N) is 2. The Morgan fingerprint density at radius 1 is 1.21 bits per heavy atom. The number of likely N-dealkylation sites (tertiary alicyclic amines) is 1. The normalized spacial score (nSPS) is 17.3. The first kappa shape index (κ1) is 23.4. The average molecular weight is 486 g/mol. The Hall–Kier alpha value is -2.71. The number of amides is 1. The van der Waals surface area contributed by atoms with Crippen molar-refractivity contribution in [2.45, 2.75) is 52.7 Å². The molecule has 1 spiro atoms. The summed E-state index contributed by atoms with van der Waals surface area (Å²) in [7, 11) is 0. The van der Waals surface area contributed by atoms with Gasteiger partial charge in [-0.2, -0.15) is 0 Å². The molecular weight excluding hydrogens is 458 g/mol. The molecule has 1 fully saturated rings. The largest absolute Gasteiger partial charge is 0.444 e. The summed E-state index contributed by atoms with van der Waals surface area (Å²) in [5, 5.41) is 19.0. The maximum Gasteiger partial charge on any atom is 0.410 e. The summed E-state index contributed by atoms with van der Waals surface area (Å²) in [5.41, 5.74) is 2.06. The van der Waals surface area contributed by atoms with Crippen LogP contribution in [0.15, 0.2) is 29.3 Å². The fraction of sp³-hybridized carbons (Fsp3) is 0.417. The lowest BCUT2D eigenvalue weighted by Gasteiger charge is -2.48. The van der Waals surface area contributed by atoms with E-state index < -0.39 is 17.2 Å². The molecular formula is C24H28ClN5O2S. The number of rotatable bonds is 1. The van der Waals surface area contributed by atoms with E-state index in [-0.39, 0.29) is 24.8 Å². The molecule has 1 aromatic heterocycles. The zero-order chi connectivity index (χ0) is 24.3. The van der Waals surface area contributed by atoms with Crippen molar-refractivity contribution in [1.82, 2.24) is 4.90 Å². The molecule has 1 amide bonds. The Morgan fingerprint density at radius 2 is 1.82 bits per heavy atom. The number of fused-ring (bicyclic) bond motifs is 1. The Kier molecular flexibility index (Phi) is 5.65. The summed E-state index contributed by atoms with van der Waals surface area (Å²) in [6, 6.07) is 7.49. The zero-order valence-electron chi connectivity index (χ0n) is 19.7. The lowest BCUT2D eigenvalue weighted by atomic mass is 9.88. The number of anilines is 1. The van der Waals surface area contributed by atoms with Gasteiger partial charge in [0, 0.05) is 21.0 Å². The van der Waals surface area contributed by atoms with Crippen LogP contribution in [-0.2, 0) is 4.74 Å². The van der Waals surface area contributed by atoms with Gasteiger partial charge in [0.05, 0.1) is 18.8 Å². The molecule has 0 atom stereocenters. The number of thiophene rings is 1. The molecule has 1 aromatic carbocycles. The van der Waals surface area contributed by atoms with E-state index in [0.29, 0.717) is 5.02 Å². The average Bonchev–Trinajstić information content (AvgIpc) is 2.88. The van der Waals surface area contributed by atoms with Gasteiger partial charge in [-0.25, -0.2) is 4.79 Å². The standard InChI is InChI=1S/C24H28ClN5O2S/c1-13-14(2)33-20-18(13)19(16-7-9-17(25)10-8-16)28-24(21(27)30(20)15(3)26)11-29(12-24)22(31)32-23(4,5)6/h7-10,26-27H,11-12H2,1-6H3. The summed E-state index contributed by atoms with van der Waals surface area (Å²) in [4.78, 5) is 22.1. The number of aliphatic imine (C=N–C) groups is 1. The van der Waals surface area contributed by atoms with E-state index in [9.17, 15) is 4.79 Å². The van der Waals surface area contributed by atoms with Crippen LogP contribution in [-0.4, -0.2) is 52.6 Å². The van der Waals surface area contributed by atoms with E-state index in [2.05, 4.69) is 0 Å². The molecule has 2 aromatic rings. The highest BCUT2D eigenvalue weighted by Gasteiger charge is 2.54. The number of ether oxygens (including phenoxy) is 1. The second kappa shape index (κ2) is 7.95. The maximum absolute atomic E-state index is 12.6. The van der Waals surface area contributed by atoms with Crippen molar-refractivity contribution in [3.05, 3.63) is 50.9 Å². The first-order chi connectivity index (χ1) is 15.3. The second-order valence-electron chi connectivity index (χ2n) is 9.57. The Bertz CT molecular complexity index is 1190. The van der Waals surface area contributed by atoms with E-state index in [0.717, 1.165) is 32.3 Å². The van der Waals surface area contributed by atoms with Crippen LogP contribution in [0.4, 0.5) is 9.80 Å². The molecule has 0 radical (unpaired) electrons. The number of benzene rings is 1. The molecule has 4 rings (SSSR count). The minimum Gasteiger partial charge on any atom is -0.444 e. The Labute approximate surface area is 203 Å². The van der Waals surface area contributed by atoms with Gasteiger partial charge in [-0.1, -0.05) is 23.7 Å². The fourth-order valence-corrected chi connectivity index (χ4v) is 5.42. The summed E-state index contributed by atoms with van der Waals surface area (Å²) in [6.07, 6.45) is -0.423. The molecule has 3 heterocycles. The number of carbonyl (C=O) groups is 1. The smallest absolute Gasteiger partial charge is 0.410 e. The molecule has 2 aliphatic heterocycles. The fourth-order valence-electron chi connectivity index (χ4n) is 4.08. The van der Waals surface area contributed by atoms with Crippen molar-refractivity contribution in [2.24, 2.45) is 4.99 Å². The number of amidine groups is 2. The highest BCUT2D eigenvalue weighted by molar-refractivity contribution is 7.17. The molecule has 2 N–H and O–H groups in total. The number of nitrogens with zero attached hydrogens (tertiary/aromatic N) is 3. The van der Waals surface area contributed by atoms with Crippen LogP contribution in [0.1, 0.15) is 49.3 Å². The van der Waals surface area contributed by atoms with Gasteiger partial charge in [0.2, 0.25) is 0 Å². The van der Waals surface area contributed by atoms with Crippen LogP contribution in [0, 0.1) is 24.7 Å². The molecule has 0 saturated carbocycles. The van der Waals surface area contributed by atoms with E-state index in [1.807, 2.05) is 58.9 Å². The van der Waals surface area contributed by atoms with Crippen molar-refractivity contribution >= 4 is 51.4 Å². The molecule has 0 unspecified atom stereocenters. The van der Waals surface area contributed by atoms with Gasteiger partial charge in [-0.3, -0.25) is 20.7 Å². The van der Waals surface area contributed by atoms with Crippen LogP contribution >= 0.6 is 22.9 Å².